The van der Waals surface area contributed by atoms with Crippen LogP contribution in [0.3, 0.4) is 0 Å². The van der Waals surface area contributed by atoms with Crippen LogP contribution in [0.15, 0.2) is 42.9 Å². The van der Waals surface area contributed by atoms with E-state index in [2.05, 4.69) is 15.4 Å². The van der Waals surface area contributed by atoms with Crippen LogP contribution in [0.5, 0.6) is 0 Å². The Bertz CT molecular complexity index is 727. The Morgan fingerprint density at radius 2 is 2.11 bits per heavy atom. The van der Waals surface area contributed by atoms with Gasteiger partial charge in [-0.05, 0) is 18.2 Å². The molecule has 3 heterocycles. The molecule has 0 radical (unpaired) electrons. The summed E-state index contributed by atoms with van der Waals surface area (Å²) in [5.74, 6) is 0.534. The van der Waals surface area contributed by atoms with Crippen molar-refractivity contribution in [3.8, 4) is 0 Å². The molecule has 3 aromatic heterocycles. The third kappa shape index (κ3) is 2.31. The SMILES string of the molecule is [O-]Nc1ccnc(Nc2cc3ccnn3cc2Cl)c1. The average molecular weight is 275 g/mol. The maximum absolute atomic E-state index is 10.6. The van der Waals surface area contributed by atoms with Crippen LogP contribution in [0, 0.1) is 5.21 Å². The number of rotatable bonds is 3. The Morgan fingerprint density at radius 1 is 1.21 bits per heavy atom. The van der Waals surface area contributed by atoms with Crippen molar-refractivity contribution in [3.63, 3.8) is 0 Å². The summed E-state index contributed by atoms with van der Waals surface area (Å²) < 4.78 is 1.68. The van der Waals surface area contributed by atoms with Crippen LogP contribution in [0.2, 0.25) is 5.02 Å². The minimum Gasteiger partial charge on any atom is -0.761 e. The van der Waals surface area contributed by atoms with Gasteiger partial charge in [0.2, 0.25) is 0 Å². The highest BCUT2D eigenvalue weighted by Crippen LogP contribution is 2.26. The van der Waals surface area contributed by atoms with E-state index in [1.54, 1.807) is 29.0 Å². The number of fused-ring (bicyclic) bond motifs is 1. The molecule has 0 bridgehead atoms. The Balaban J connectivity index is 1.97. The van der Waals surface area contributed by atoms with E-state index in [-0.39, 0.29) is 0 Å². The van der Waals surface area contributed by atoms with Crippen LogP contribution >= 0.6 is 11.6 Å². The van der Waals surface area contributed by atoms with E-state index in [1.165, 1.54) is 6.20 Å². The van der Waals surface area contributed by atoms with Crippen molar-refractivity contribution in [2.24, 2.45) is 0 Å². The smallest absolute Gasteiger partial charge is 0.132 e. The number of nitrogens with one attached hydrogen (secondary N) is 2. The molecule has 2 N–H and O–H groups in total. The average Bonchev–Trinajstić information content (AvgIpc) is 2.86. The van der Waals surface area contributed by atoms with Crippen molar-refractivity contribution in [1.82, 2.24) is 14.6 Å². The molecular formula is C12H9ClN5O-. The second kappa shape index (κ2) is 4.75. The summed E-state index contributed by atoms with van der Waals surface area (Å²) in [6.45, 7) is 0. The molecular weight excluding hydrogens is 266 g/mol. The number of nitrogens with zero attached hydrogens (tertiary/aromatic N) is 3. The van der Waals surface area contributed by atoms with Crippen molar-refractivity contribution >= 4 is 34.3 Å². The maximum Gasteiger partial charge on any atom is 0.132 e. The second-order valence-corrected chi connectivity index (χ2v) is 4.30. The number of aromatic nitrogens is 3. The predicted octanol–water partition coefficient (Wildman–Crippen LogP) is 3.04. The van der Waals surface area contributed by atoms with Crippen molar-refractivity contribution in [2.75, 3.05) is 10.8 Å². The van der Waals surface area contributed by atoms with Gasteiger partial charge in [-0.25, -0.2) is 9.50 Å². The lowest BCUT2D eigenvalue weighted by Gasteiger charge is -2.12. The van der Waals surface area contributed by atoms with Gasteiger partial charge in [0, 0.05) is 30.3 Å². The molecule has 3 rings (SSSR count). The van der Waals surface area contributed by atoms with Gasteiger partial charge in [0.1, 0.15) is 5.82 Å². The monoisotopic (exact) mass is 274 g/mol. The first-order chi connectivity index (χ1) is 9.26. The fourth-order valence-electron chi connectivity index (χ4n) is 1.74. The topological polar surface area (TPSA) is 77.3 Å². The first kappa shape index (κ1) is 11.8. The number of pyridine rings is 2. The molecule has 0 aliphatic heterocycles. The van der Waals surface area contributed by atoms with Crippen molar-refractivity contribution in [1.29, 1.82) is 0 Å². The molecule has 19 heavy (non-hydrogen) atoms. The van der Waals surface area contributed by atoms with E-state index in [1.807, 2.05) is 17.6 Å². The highest BCUT2D eigenvalue weighted by Gasteiger charge is 2.05. The fourth-order valence-corrected chi connectivity index (χ4v) is 1.93. The van der Waals surface area contributed by atoms with E-state index in [0.29, 0.717) is 22.2 Å². The summed E-state index contributed by atoms with van der Waals surface area (Å²) in [6, 6.07) is 6.91. The Labute approximate surface area is 113 Å². The van der Waals surface area contributed by atoms with Crippen LogP contribution in [0.1, 0.15) is 0 Å². The minimum atomic E-state index is 0.430. The summed E-state index contributed by atoms with van der Waals surface area (Å²) in [5, 5.41) is 18.3. The van der Waals surface area contributed by atoms with Gasteiger partial charge in [0.05, 0.1) is 16.2 Å². The second-order valence-electron chi connectivity index (χ2n) is 3.89. The first-order valence-electron chi connectivity index (χ1n) is 5.50. The highest BCUT2D eigenvalue weighted by molar-refractivity contribution is 6.33. The molecule has 0 aromatic carbocycles. The van der Waals surface area contributed by atoms with E-state index in [4.69, 9.17) is 11.6 Å². The molecule has 0 aliphatic rings. The van der Waals surface area contributed by atoms with Crippen LogP contribution in [-0.4, -0.2) is 14.6 Å². The number of hydrogen-bond donors (Lipinski definition) is 2. The largest absolute Gasteiger partial charge is 0.761 e. The van der Waals surface area contributed by atoms with Crippen molar-refractivity contribution in [2.45, 2.75) is 0 Å². The molecule has 0 fully saturated rings. The van der Waals surface area contributed by atoms with E-state index >= 15 is 0 Å². The Kier molecular flexibility index (Phi) is 2.94. The zero-order chi connectivity index (χ0) is 13.2. The molecule has 0 amide bonds. The molecule has 7 heteroatoms. The van der Waals surface area contributed by atoms with E-state index < -0.39 is 0 Å². The Morgan fingerprint density at radius 3 is 2.95 bits per heavy atom. The molecule has 3 aromatic rings. The first-order valence-corrected chi connectivity index (χ1v) is 5.88. The van der Waals surface area contributed by atoms with Gasteiger partial charge in [0.15, 0.2) is 0 Å². The van der Waals surface area contributed by atoms with Gasteiger partial charge in [-0.3, -0.25) is 0 Å². The van der Waals surface area contributed by atoms with Gasteiger partial charge in [-0.1, -0.05) is 11.6 Å². The van der Waals surface area contributed by atoms with E-state index in [9.17, 15) is 5.21 Å². The van der Waals surface area contributed by atoms with Gasteiger partial charge in [0.25, 0.3) is 0 Å². The lowest BCUT2D eigenvalue weighted by molar-refractivity contribution is 0.962. The molecule has 6 nitrogen and oxygen atoms in total. The lowest BCUT2D eigenvalue weighted by Crippen LogP contribution is -1.97. The molecule has 0 unspecified atom stereocenters. The highest BCUT2D eigenvalue weighted by atomic mass is 35.5. The Hall–Kier alpha value is -2.31. The maximum atomic E-state index is 10.6. The summed E-state index contributed by atoms with van der Waals surface area (Å²) in [4.78, 5) is 4.12. The zero-order valence-electron chi connectivity index (χ0n) is 9.67. The van der Waals surface area contributed by atoms with Crippen LogP contribution < -0.4 is 10.8 Å². The molecule has 0 spiro atoms. The quantitative estimate of drug-likeness (QED) is 0.718. The predicted molar refractivity (Wildman–Crippen MR) is 74.7 cm³/mol. The van der Waals surface area contributed by atoms with Gasteiger partial charge in [-0.15, -0.1) is 0 Å². The van der Waals surface area contributed by atoms with E-state index in [0.717, 1.165) is 5.52 Å². The summed E-state index contributed by atoms with van der Waals surface area (Å²) >= 11 is 6.16. The van der Waals surface area contributed by atoms with Gasteiger partial charge in [-0.2, -0.15) is 5.10 Å². The van der Waals surface area contributed by atoms with Gasteiger partial charge < -0.3 is 16.0 Å². The van der Waals surface area contributed by atoms with Gasteiger partial charge >= 0.3 is 0 Å². The molecule has 0 atom stereocenters. The molecule has 0 saturated carbocycles. The summed E-state index contributed by atoms with van der Waals surface area (Å²) in [7, 11) is 0. The number of anilines is 3. The molecule has 0 aliphatic carbocycles. The molecule has 0 saturated heterocycles. The van der Waals surface area contributed by atoms with Crippen LogP contribution in [-0.2, 0) is 0 Å². The number of halogens is 1. The normalized spacial score (nSPS) is 10.6. The van der Waals surface area contributed by atoms with Crippen molar-refractivity contribution < 1.29 is 0 Å². The van der Waals surface area contributed by atoms with Crippen LogP contribution in [0.4, 0.5) is 17.2 Å². The fraction of sp³-hybridized carbons (Fsp3) is 0. The summed E-state index contributed by atoms with van der Waals surface area (Å²) in [6.07, 6.45) is 4.93. The van der Waals surface area contributed by atoms with Crippen LogP contribution in [0.25, 0.3) is 5.52 Å². The summed E-state index contributed by atoms with van der Waals surface area (Å²) in [5.41, 5.74) is 3.85. The van der Waals surface area contributed by atoms with Crippen molar-refractivity contribution in [3.05, 3.63) is 53.1 Å². The third-order valence-corrected chi connectivity index (χ3v) is 2.93. The minimum absolute atomic E-state index is 0.430. The zero-order valence-corrected chi connectivity index (χ0v) is 10.4. The lowest BCUT2D eigenvalue weighted by atomic mass is 10.3. The standard InChI is InChI=1S/C12H9ClN5O/c13-10-7-18-9(2-4-15-18)6-11(10)16-12-5-8(17-19)1-3-14-12/h1-7H,(H2-,14,16,17,19)/q-1. The molecule has 96 valence electrons. The number of hydrogen-bond acceptors (Lipinski definition) is 5. The third-order valence-electron chi connectivity index (χ3n) is 2.63.